The maximum atomic E-state index is 12.4. The first kappa shape index (κ1) is 17.9. The van der Waals surface area contributed by atoms with Crippen molar-refractivity contribution in [3.63, 3.8) is 0 Å². The number of rotatable bonds is 6. The van der Waals surface area contributed by atoms with E-state index in [1.165, 1.54) is 5.56 Å². The Bertz CT molecular complexity index is 594. The first-order chi connectivity index (χ1) is 12.1. The number of likely N-dealkylation sites (tertiary alicyclic amines) is 1. The highest BCUT2D eigenvalue weighted by Crippen LogP contribution is 2.39. The summed E-state index contributed by atoms with van der Waals surface area (Å²) in [7, 11) is 0. The zero-order valence-electron chi connectivity index (χ0n) is 14.7. The molecule has 3 rings (SSSR count). The number of hydrogen-bond acceptors (Lipinski definition) is 3. The van der Waals surface area contributed by atoms with E-state index in [0.717, 1.165) is 51.7 Å². The van der Waals surface area contributed by atoms with Gasteiger partial charge in [0.2, 0.25) is 5.91 Å². The normalized spacial score (nSPS) is 22.2. The van der Waals surface area contributed by atoms with Crippen LogP contribution in [0.3, 0.4) is 0 Å². The summed E-state index contributed by atoms with van der Waals surface area (Å²) in [6, 6.07) is 9.97. The number of aryl methyl sites for hydroxylation is 1. The van der Waals surface area contributed by atoms with Gasteiger partial charge in [-0.05, 0) is 49.5 Å². The van der Waals surface area contributed by atoms with Gasteiger partial charge in [0.05, 0.1) is 0 Å². The van der Waals surface area contributed by atoms with Crippen molar-refractivity contribution in [1.82, 2.24) is 10.2 Å². The predicted octanol–water partition coefficient (Wildman–Crippen LogP) is 2.45. The lowest BCUT2D eigenvalue weighted by Crippen LogP contribution is -2.44. The SMILES string of the molecule is O=C(O)[C@H]1CC2(CCN(C(=O)CCCCc3ccccc3)CC2)CN1. The lowest BCUT2D eigenvalue weighted by Gasteiger charge is -2.39. The Balaban J connectivity index is 1.36. The molecule has 2 N–H and O–H groups in total. The van der Waals surface area contributed by atoms with Crippen LogP contribution in [0, 0.1) is 5.41 Å². The molecule has 0 bridgehead atoms. The molecule has 2 saturated heterocycles. The van der Waals surface area contributed by atoms with Crippen LogP contribution < -0.4 is 5.32 Å². The molecule has 25 heavy (non-hydrogen) atoms. The highest BCUT2D eigenvalue weighted by Gasteiger charge is 2.43. The van der Waals surface area contributed by atoms with E-state index in [4.69, 9.17) is 5.11 Å². The molecule has 0 aromatic heterocycles. The third-order valence-electron chi connectivity index (χ3n) is 5.78. The molecule has 0 saturated carbocycles. The van der Waals surface area contributed by atoms with Gasteiger partial charge in [0.25, 0.3) is 0 Å². The molecule has 1 aromatic carbocycles. The Morgan fingerprint density at radius 1 is 1.16 bits per heavy atom. The molecule has 0 radical (unpaired) electrons. The maximum Gasteiger partial charge on any atom is 0.320 e. The van der Waals surface area contributed by atoms with Crippen LogP contribution in [-0.4, -0.2) is 47.6 Å². The van der Waals surface area contributed by atoms with Gasteiger partial charge < -0.3 is 15.3 Å². The molecule has 2 aliphatic rings. The minimum Gasteiger partial charge on any atom is -0.480 e. The molecule has 1 amide bonds. The fourth-order valence-electron chi connectivity index (χ4n) is 4.11. The van der Waals surface area contributed by atoms with Gasteiger partial charge in [-0.15, -0.1) is 0 Å². The molecule has 0 aliphatic carbocycles. The largest absolute Gasteiger partial charge is 0.480 e. The summed E-state index contributed by atoms with van der Waals surface area (Å²) in [6.07, 6.45) is 6.14. The predicted molar refractivity (Wildman–Crippen MR) is 96.3 cm³/mol. The Labute approximate surface area is 149 Å². The number of amides is 1. The van der Waals surface area contributed by atoms with Gasteiger partial charge in [0.1, 0.15) is 6.04 Å². The lowest BCUT2D eigenvalue weighted by atomic mass is 9.76. The summed E-state index contributed by atoms with van der Waals surface area (Å²) < 4.78 is 0. The lowest BCUT2D eigenvalue weighted by molar-refractivity contribution is -0.139. The summed E-state index contributed by atoms with van der Waals surface area (Å²) >= 11 is 0. The van der Waals surface area contributed by atoms with Crippen molar-refractivity contribution in [1.29, 1.82) is 0 Å². The number of nitrogens with zero attached hydrogens (tertiary/aromatic N) is 1. The maximum absolute atomic E-state index is 12.4. The Morgan fingerprint density at radius 3 is 2.52 bits per heavy atom. The standard InChI is InChI=1S/C20H28N2O3/c23-18(9-5-4-8-16-6-2-1-3-7-16)22-12-10-20(11-13-22)14-17(19(24)25)21-15-20/h1-3,6-7,17,21H,4-5,8-15H2,(H,24,25)/t17-/m1/s1. The van der Waals surface area contributed by atoms with Crippen LogP contribution in [0.25, 0.3) is 0 Å². The van der Waals surface area contributed by atoms with Crippen molar-refractivity contribution in [2.75, 3.05) is 19.6 Å². The third kappa shape index (κ3) is 4.60. The number of carbonyl (C=O) groups excluding carboxylic acids is 1. The molecule has 2 fully saturated rings. The van der Waals surface area contributed by atoms with Gasteiger partial charge in [-0.3, -0.25) is 9.59 Å². The number of carboxylic acids is 1. The molecule has 0 unspecified atom stereocenters. The molecular weight excluding hydrogens is 316 g/mol. The first-order valence-corrected chi connectivity index (χ1v) is 9.36. The third-order valence-corrected chi connectivity index (χ3v) is 5.78. The average molecular weight is 344 g/mol. The van der Waals surface area contributed by atoms with Gasteiger partial charge in [-0.2, -0.15) is 0 Å². The van der Waals surface area contributed by atoms with Crippen molar-refractivity contribution < 1.29 is 14.7 Å². The minimum atomic E-state index is -0.756. The van der Waals surface area contributed by atoms with Crippen LogP contribution in [0.2, 0.25) is 0 Å². The molecule has 2 aliphatic heterocycles. The Kier molecular flexibility index (Phi) is 5.74. The number of carbonyl (C=O) groups is 2. The topological polar surface area (TPSA) is 69.6 Å². The van der Waals surface area contributed by atoms with Crippen LogP contribution in [0.15, 0.2) is 30.3 Å². The zero-order valence-corrected chi connectivity index (χ0v) is 14.7. The minimum absolute atomic E-state index is 0.0765. The van der Waals surface area contributed by atoms with E-state index < -0.39 is 12.0 Å². The van der Waals surface area contributed by atoms with E-state index >= 15 is 0 Å². The number of benzene rings is 1. The van der Waals surface area contributed by atoms with E-state index in [0.29, 0.717) is 12.8 Å². The first-order valence-electron chi connectivity index (χ1n) is 9.36. The van der Waals surface area contributed by atoms with E-state index in [1.807, 2.05) is 11.0 Å². The number of unbranched alkanes of at least 4 members (excludes halogenated alkanes) is 1. The Morgan fingerprint density at radius 2 is 1.88 bits per heavy atom. The summed E-state index contributed by atoms with van der Waals surface area (Å²) in [5.41, 5.74) is 1.41. The molecule has 2 heterocycles. The summed E-state index contributed by atoms with van der Waals surface area (Å²) in [4.78, 5) is 25.5. The van der Waals surface area contributed by atoms with Gasteiger partial charge in [0.15, 0.2) is 0 Å². The van der Waals surface area contributed by atoms with Crippen LogP contribution >= 0.6 is 0 Å². The second-order valence-corrected chi connectivity index (χ2v) is 7.55. The van der Waals surface area contributed by atoms with Crippen LogP contribution in [0.4, 0.5) is 0 Å². The molecule has 5 nitrogen and oxygen atoms in total. The molecule has 136 valence electrons. The van der Waals surface area contributed by atoms with Gasteiger partial charge in [-0.25, -0.2) is 0 Å². The van der Waals surface area contributed by atoms with Gasteiger partial charge >= 0.3 is 5.97 Å². The van der Waals surface area contributed by atoms with Gasteiger partial charge in [0, 0.05) is 26.1 Å². The molecule has 5 heteroatoms. The molecule has 1 spiro atoms. The highest BCUT2D eigenvalue weighted by atomic mass is 16.4. The van der Waals surface area contributed by atoms with Crippen molar-refractivity contribution in [3.8, 4) is 0 Å². The Hall–Kier alpha value is -1.88. The van der Waals surface area contributed by atoms with E-state index in [1.54, 1.807) is 0 Å². The summed E-state index contributed by atoms with van der Waals surface area (Å²) in [5, 5.41) is 12.3. The summed E-state index contributed by atoms with van der Waals surface area (Å²) in [5.74, 6) is -0.502. The van der Waals surface area contributed by atoms with E-state index in [9.17, 15) is 9.59 Å². The van der Waals surface area contributed by atoms with Crippen LogP contribution in [0.1, 0.15) is 44.1 Å². The average Bonchev–Trinajstić information content (AvgIpc) is 3.04. The molecule has 1 atom stereocenters. The van der Waals surface area contributed by atoms with E-state index in [-0.39, 0.29) is 11.3 Å². The fourth-order valence-corrected chi connectivity index (χ4v) is 4.11. The van der Waals surface area contributed by atoms with Crippen LogP contribution in [0.5, 0.6) is 0 Å². The van der Waals surface area contributed by atoms with Crippen molar-refractivity contribution >= 4 is 11.9 Å². The van der Waals surface area contributed by atoms with Crippen molar-refractivity contribution in [2.24, 2.45) is 5.41 Å². The van der Waals surface area contributed by atoms with Crippen molar-refractivity contribution in [3.05, 3.63) is 35.9 Å². The number of piperidine rings is 1. The van der Waals surface area contributed by atoms with Crippen LogP contribution in [-0.2, 0) is 16.0 Å². The summed E-state index contributed by atoms with van der Waals surface area (Å²) in [6.45, 7) is 2.31. The van der Waals surface area contributed by atoms with Gasteiger partial charge in [-0.1, -0.05) is 30.3 Å². The zero-order chi connectivity index (χ0) is 17.7. The molecular formula is C20H28N2O3. The number of hydrogen-bond donors (Lipinski definition) is 2. The second-order valence-electron chi connectivity index (χ2n) is 7.55. The highest BCUT2D eigenvalue weighted by molar-refractivity contribution is 5.76. The van der Waals surface area contributed by atoms with Crippen molar-refractivity contribution in [2.45, 2.75) is 51.0 Å². The van der Waals surface area contributed by atoms with E-state index in [2.05, 4.69) is 29.6 Å². The monoisotopic (exact) mass is 344 g/mol. The number of aliphatic carboxylic acids is 1. The number of carboxylic acid groups (broad SMARTS) is 1. The quantitative estimate of drug-likeness (QED) is 0.778. The smallest absolute Gasteiger partial charge is 0.320 e. The number of nitrogens with one attached hydrogen (secondary N) is 1. The fraction of sp³-hybridized carbons (Fsp3) is 0.600. The molecule has 1 aromatic rings. The second kappa shape index (κ2) is 8.00.